The van der Waals surface area contributed by atoms with E-state index in [0.29, 0.717) is 11.1 Å². The normalized spacial score (nSPS) is 16.1. The van der Waals surface area contributed by atoms with Crippen molar-refractivity contribution in [3.05, 3.63) is 27.0 Å². The van der Waals surface area contributed by atoms with E-state index in [-0.39, 0.29) is 4.87 Å². The molecule has 5 heteroatoms. The van der Waals surface area contributed by atoms with Gasteiger partial charge in [0.05, 0.1) is 5.52 Å². The van der Waals surface area contributed by atoms with Crippen LogP contribution in [0.5, 0.6) is 0 Å². The molecule has 0 N–H and O–H groups in total. The Morgan fingerprint density at radius 3 is 3.07 bits per heavy atom. The van der Waals surface area contributed by atoms with Crippen LogP contribution in [-0.4, -0.2) is 9.55 Å². The molecule has 1 saturated carbocycles. The maximum absolute atomic E-state index is 11.7. The van der Waals surface area contributed by atoms with Crippen molar-refractivity contribution in [2.75, 3.05) is 0 Å². The lowest BCUT2D eigenvalue weighted by Gasteiger charge is -2.00. The summed E-state index contributed by atoms with van der Waals surface area (Å²) in [5, 5.41) is 0.447. The van der Waals surface area contributed by atoms with Gasteiger partial charge in [0, 0.05) is 6.54 Å². The molecule has 0 atom stereocenters. The summed E-state index contributed by atoms with van der Waals surface area (Å²) in [5.41, 5.74) is 0.918. The van der Waals surface area contributed by atoms with Crippen LogP contribution in [0.3, 0.4) is 0 Å². The molecule has 0 saturated heterocycles. The Hall–Kier alpha value is -0.870. The molecule has 0 amide bonds. The summed E-state index contributed by atoms with van der Waals surface area (Å²) in [5.74, 6) is 0.691. The van der Waals surface area contributed by atoms with Crippen LogP contribution in [0.2, 0.25) is 5.15 Å². The van der Waals surface area contributed by atoms with Crippen LogP contribution in [-0.2, 0) is 6.54 Å². The van der Waals surface area contributed by atoms with Gasteiger partial charge in [0.15, 0.2) is 0 Å². The summed E-state index contributed by atoms with van der Waals surface area (Å²) in [6, 6.07) is 3.62. The smallest absolute Gasteiger partial charge is 0.297 e. The zero-order valence-corrected chi connectivity index (χ0v) is 9.51. The molecule has 2 heterocycles. The predicted molar refractivity (Wildman–Crippen MR) is 61.6 cm³/mol. The first-order valence-corrected chi connectivity index (χ1v) is 6.09. The van der Waals surface area contributed by atoms with Gasteiger partial charge in [-0.2, -0.15) is 0 Å². The van der Waals surface area contributed by atoms with E-state index in [0.717, 1.165) is 16.9 Å². The second-order valence-corrected chi connectivity index (χ2v) is 5.21. The number of aromatic nitrogens is 2. The highest BCUT2D eigenvalue weighted by Gasteiger charge is 2.23. The van der Waals surface area contributed by atoms with Crippen molar-refractivity contribution in [2.45, 2.75) is 19.4 Å². The van der Waals surface area contributed by atoms with Gasteiger partial charge in [-0.15, -0.1) is 0 Å². The molecule has 0 spiro atoms. The highest BCUT2D eigenvalue weighted by atomic mass is 35.5. The summed E-state index contributed by atoms with van der Waals surface area (Å²) in [7, 11) is 0. The Bertz CT molecular complexity index is 570. The number of rotatable bonds is 2. The SMILES string of the molecule is O=c1sc2nc(Cl)ccc2n1CC1CC1. The van der Waals surface area contributed by atoms with Crippen molar-refractivity contribution < 1.29 is 0 Å². The van der Waals surface area contributed by atoms with Gasteiger partial charge in [-0.25, -0.2) is 4.98 Å². The van der Waals surface area contributed by atoms with Gasteiger partial charge in [-0.3, -0.25) is 9.36 Å². The summed E-state index contributed by atoms with van der Waals surface area (Å²) in [6.45, 7) is 0.835. The molecule has 0 aliphatic heterocycles. The average molecular weight is 241 g/mol. The highest BCUT2D eigenvalue weighted by Crippen LogP contribution is 2.31. The molecule has 3 nitrogen and oxygen atoms in total. The maximum Gasteiger partial charge on any atom is 0.309 e. The number of nitrogens with zero attached hydrogens (tertiary/aromatic N) is 2. The van der Waals surface area contributed by atoms with Gasteiger partial charge in [-0.1, -0.05) is 22.9 Å². The minimum Gasteiger partial charge on any atom is -0.297 e. The molecule has 3 rings (SSSR count). The van der Waals surface area contributed by atoms with Crippen molar-refractivity contribution in [1.82, 2.24) is 9.55 Å². The predicted octanol–water partition coefficient (Wildman–Crippen LogP) is 2.52. The molecule has 78 valence electrons. The molecule has 15 heavy (non-hydrogen) atoms. The Labute approximate surface area is 95.3 Å². The number of fused-ring (bicyclic) bond motifs is 1. The molecule has 1 fully saturated rings. The molecular formula is C10H9ClN2OS. The van der Waals surface area contributed by atoms with Crippen LogP contribution < -0.4 is 4.87 Å². The summed E-state index contributed by atoms with van der Waals surface area (Å²) in [4.78, 5) is 16.7. The molecular weight excluding hydrogens is 232 g/mol. The van der Waals surface area contributed by atoms with E-state index < -0.39 is 0 Å². The lowest BCUT2D eigenvalue weighted by atomic mass is 10.4. The third-order valence-electron chi connectivity index (χ3n) is 2.64. The van der Waals surface area contributed by atoms with Crippen LogP contribution in [0.25, 0.3) is 10.3 Å². The minimum absolute atomic E-state index is 0.0756. The zero-order chi connectivity index (χ0) is 10.4. The number of hydrogen-bond donors (Lipinski definition) is 0. The Morgan fingerprint density at radius 1 is 1.53 bits per heavy atom. The second kappa shape index (κ2) is 3.32. The molecule has 2 aromatic rings. The van der Waals surface area contributed by atoms with Gasteiger partial charge in [0.1, 0.15) is 9.98 Å². The Kier molecular flexibility index (Phi) is 2.07. The summed E-state index contributed by atoms with van der Waals surface area (Å²) >= 11 is 6.96. The van der Waals surface area contributed by atoms with E-state index in [2.05, 4.69) is 4.98 Å². The van der Waals surface area contributed by atoms with Crippen molar-refractivity contribution in [2.24, 2.45) is 5.92 Å². The fourth-order valence-corrected chi connectivity index (χ4v) is 2.73. The Balaban J connectivity index is 2.18. The molecule has 1 aliphatic rings. The lowest BCUT2D eigenvalue weighted by Crippen LogP contribution is -2.13. The molecule has 0 bridgehead atoms. The third-order valence-corrected chi connectivity index (χ3v) is 3.74. The molecule has 0 radical (unpaired) electrons. The van der Waals surface area contributed by atoms with Crippen LogP contribution in [0.1, 0.15) is 12.8 Å². The molecule has 0 aromatic carbocycles. The van der Waals surface area contributed by atoms with Crippen LogP contribution in [0.15, 0.2) is 16.9 Å². The fourth-order valence-electron chi connectivity index (χ4n) is 1.66. The van der Waals surface area contributed by atoms with Crippen LogP contribution in [0, 0.1) is 5.92 Å². The van der Waals surface area contributed by atoms with Gasteiger partial charge in [0.2, 0.25) is 0 Å². The monoisotopic (exact) mass is 240 g/mol. The van der Waals surface area contributed by atoms with E-state index in [4.69, 9.17) is 11.6 Å². The number of pyridine rings is 1. The first kappa shape index (κ1) is 9.36. The standard InChI is InChI=1S/C10H9ClN2OS/c11-8-4-3-7-9(12-8)15-10(14)13(7)5-6-1-2-6/h3-4,6H,1-2,5H2. The van der Waals surface area contributed by atoms with Crippen molar-refractivity contribution in [3.63, 3.8) is 0 Å². The molecule has 1 aliphatic carbocycles. The van der Waals surface area contributed by atoms with Crippen molar-refractivity contribution in [3.8, 4) is 0 Å². The lowest BCUT2D eigenvalue weighted by molar-refractivity contribution is 0.636. The van der Waals surface area contributed by atoms with Gasteiger partial charge >= 0.3 is 4.87 Å². The first-order chi connectivity index (χ1) is 7.24. The topological polar surface area (TPSA) is 34.9 Å². The quantitative estimate of drug-likeness (QED) is 0.756. The van der Waals surface area contributed by atoms with Gasteiger partial charge in [-0.05, 0) is 30.9 Å². The summed E-state index contributed by atoms with van der Waals surface area (Å²) in [6.07, 6.45) is 2.48. The Morgan fingerprint density at radius 2 is 2.33 bits per heavy atom. The highest BCUT2D eigenvalue weighted by molar-refractivity contribution is 7.16. The van der Waals surface area contributed by atoms with Crippen molar-refractivity contribution >= 4 is 33.3 Å². The van der Waals surface area contributed by atoms with Crippen LogP contribution >= 0.6 is 22.9 Å². The fraction of sp³-hybridized carbons (Fsp3) is 0.400. The van der Waals surface area contributed by atoms with Crippen molar-refractivity contribution in [1.29, 1.82) is 0 Å². The molecule has 2 aromatic heterocycles. The molecule has 0 unspecified atom stereocenters. The second-order valence-electron chi connectivity index (χ2n) is 3.88. The zero-order valence-electron chi connectivity index (χ0n) is 7.94. The van der Waals surface area contributed by atoms with Gasteiger partial charge in [0.25, 0.3) is 0 Å². The van der Waals surface area contributed by atoms with E-state index in [9.17, 15) is 4.79 Å². The average Bonchev–Trinajstić information content (AvgIpc) is 2.93. The maximum atomic E-state index is 11.7. The van der Waals surface area contributed by atoms with E-state index in [1.165, 1.54) is 24.2 Å². The number of halogens is 1. The summed E-state index contributed by atoms with van der Waals surface area (Å²) < 4.78 is 1.82. The van der Waals surface area contributed by atoms with Gasteiger partial charge < -0.3 is 0 Å². The van der Waals surface area contributed by atoms with E-state index in [1.54, 1.807) is 6.07 Å². The largest absolute Gasteiger partial charge is 0.309 e. The third kappa shape index (κ3) is 1.68. The van der Waals surface area contributed by atoms with Crippen LogP contribution in [0.4, 0.5) is 0 Å². The van der Waals surface area contributed by atoms with E-state index in [1.807, 2.05) is 10.6 Å². The first-order valence-electron chi connectivity index (χ1n) is 4.90. The minimum atomic E-state index is 0.0756. The number of thiazole rings is 1. The van der Waals surface area contributed by atoms with E-state index >= 15 is 0 Å². The number of hydrogen-bond acceptors (Lipinski definition) is 3.